The van der Waals surface area contributed by atoms with E-state index in [9.17, 15) is 4.79 Å². The molecule has 4 rings (SSSR count). The smallest absolute Gasteiger partial charge is 0.319 e. The minimum absolute atomic E-state index is 0.252. The van der Waals surface area contributed by atoms with E-state index in [1.165, 1.54) is 22.3 Å². The lowest BCUT2D eigenvalue weighted by Crippen LogP contribution is -2.29. The molecule has 2 amide bonds. The molecule has 34 heavy (non-hydrogen) atoms. The maximum Gasteiger partial charge on any atom is 0.319 e. The van der Waals surface area contributed by atoms with E-state index in [1.54, 1.807) is 11.8 Å². The van der Waals surface area contributed by atoms with Crippen molar-refractivity contribution >= 4 is 23.5 Å². The van der Waals surface area contributed by atoms with E-state index in [0.717, 1.165) is 27.8 Å². The molecule has 0 radical (unpaired) electrons. The van der Waals surface area contributed by atoms with Gasteiger partial charge in [0.2, 0.25) is 0 Å². The first-order valence-electron chi connectivity index (χ1n) is 11.2. The van der Waals surface area contributed by atoms with Crippen molar-refractivity contribution in [3.05, 3.63) is 100 Å². The molecule has 0 fully saturated rings. The van der Waals surface area contributed by atoms with E-state index >= 15 is 0 Å². The number of rotatable bonds is 7. The van der Waals surface area contributed by atoms with Crippen LogP contribution in [0.1, 0.15) is 33.6 Å². The van der Waals surface area contributed by atoms with E-state index in [2.05, 4.69) is 77.1 Å². The highest BCUT2D eigenvalue weighted by Gasteiger charge is 2.16. The molecule has 0 aliphatic rings. The van der Waals surface area contributed by atoms with E-state index < -0.39 is 0 Å². The zero-order valence-corrected chi connectivity index (χ0v) is 20.7. The van der Waals surface area contributed by atoms with Gasteiger partial charge >= 0.3 is 6.03 Å². The van der Waals surface area contributed by atoms with Gasteiger partial charge in [-0.05, 0) is 74.2 Å². The molecule has 0 saturated heterocycles. The SMILES string of the molecule is Cc1ccc(-n2c(CNC(=O)Nc3ccc(C)c(C)c3)nnc2SCc2ccccc2C)cc1. The van der Waals surface area contributed by atoms with Crippen molar-refractivity contribution in [1.82, 2.24) is 20.1 Å². The van der Waals surface area contributed by atoms with Gasteiger partial charge in [-0.15, -0.1) is 10.2 Å². The van der Waals surface area contributed by atoms with Gasteiger partial charge in [-0.2, -0.15) is 0 Å². The van der Waals surface area contributed by atoms with Gasteiger partial charge in [-0.1, -0.05) is 59.8 Å². The number of aryl methyl sites for hydroxylation is 4. The zero-order valence-electron chi connectivity index (χ0n) is 19.9. The highest BCUT2D eigenvalue weighted by molar-refractivity contribution is 7.98. The third kappa shape index (κ3) is 5.66. The highest BCUT2D eigenvalue weighted by atomic mass is 32.2. The highest BCUT2D eigenvalue weighted by Crippen LogP contribution is 2.26. The maximum atomic E-state index is 12.5. The van der Waals surface area contributed by atoms with Crippen LogP contribution in [0.5, 0.6) is 0 Å². The molecular formula is C27H29N5OS. The first kappa shape index (κ1) is 23.6. The summed E-state index contributed by atoms with van der Waals surface area (Å²) in [5.74, 6) is 1.46. The normalized spacial score (nSPS) is 10.8. The van der Waals surface area contributed by atoms with Gasteiger partial charge in [-0.3, -0.25) is 4.57 Å². The molecule has 1 aromatic heterocycles. The first-order chi connectivity index (χ1) is 16.4. The van der Waals surface area contributed by atoms with Crippen LogP contribution in [-0.2, 0) is 12.3 Å². The molecule has 1 heterocycles. The topological polar surface area (TPSA) is 71.8 Å². The van der Waals surface area contributed by atoms with Crippen molar-refractivity contribution in [3.8, 4) is 5.69 Å². The molecule has 0 saturated carbocycles. The molecular weight excluding hydrogens is 442 g/mol. The second-order valence-electron chi connectivity index (χ2n) is 8.39. The Balaban J connectivity index is 1.51. The Hall–Kier alpha value is -3.58. The number of carbonyl (C=O) groups is 1. The van der Waals surface area contributed by atoms with E-state index in [4.69, 9.17) is 0 Å². The number of amides is 2. The molecule has 174 valence electrons. The van der Waals surface area contributed by atoms with Gasteiger partial charge < -0.3 is 10.6 Å². The third-order valence-corrected chi connectivity index (χ3v) is 6.76. The van der Waals surface area contributed by atoms with Crippen LogP contribution in [0.4, 0.5) is 10.5 Å². The average Bonchev–Trinajstić information content (AvgIpc) is 3.23. The second kappa shape index (κ2) is 10.6. The van der Waals surface area contributed by atoms with Crippen molar-refractivity contribution in [2.75, 3.05) is 5.32 Å². The first-order valence-corrected chi connectivity index (χ1v) is 12.2. The number of hydrogen-bond acceptors (Lipinski definition) is 4. The predicted molar refractivity (Wildman–Crippen MR) is 139 cm³/mol. The quantitative estimate of drug-likeness (QED) is 0.319. The van der Waals surface area contributed by atoms with Crippen molar-refractivity contribution in [3.63, 3.8) is 0 Å². The summed E-state index contributed by atoms with van der Waals surface area (Å²) in [7, 11) is 0. The Morgan fingerprint density at radius 1 is 0.882 bits per heavy atom. The van der Waals surface area contributed by atoms with Crippen molar-refractivity contribution in [2.24, 2.45) is 0 Å². The molecule has 2 N–H and O–H groups in total. The Morgan fingerprint density at radius 2 is 1.65 bits per heavy atom. The standard InChI is InChI=1S/C27H29N5OS/c1-18-9-13-24(14-10-18)32-25(16-28-26(33)29-23-12-11-19(2)21(4)15-23)30-31-27(32)34-17-22-8-6-5-7-20(22)3/h5-15H,16-17H2,1-4H3,(H2,28,29,33). The fourth-order valence-corrected chi connectivity index (χ4v) is 4.58. The van der Waals surface area contributed by atoms with Crippen LogP contribution in [0.15, 0.2) is 71.9 Å². The lowest BCUT2D eigenvalue weighted by Gasteiger charge is -2.12. The number of thioether (sulfide) groups is 1. The van der Waals surface area contributed by atoms with Crippen LogP contribution in [0, 0.1) is 27.7 Å². The molecule has 7 heteroatoms. The fourth-order valence-electron chi connectivity index (χ4n) is 3.53. The molecule has 0 unspecified atom stereocenters. The van der Waals surface area contributed by atoms with Crippen molar-refractivity contribution in [1.29, 1.82) is 0 Å². The lowest BCUT2D eigenvalue weighted by molar-refractivity contribution is 0.251. The number of anilines is 1. The molecule has 0 bridgehead atoms. The van der Waals surface area contributed by atoms with Crippen molar-refractivity contribution in [2.45, 2.75) is 45.1 Å². The Morgan fingerprint density at radius 3 is 2.38 bits per heavy atom. The zero-order chi connectivity index (χ0) is 24.1. The minimum atomic E-state index is -0.282. The third-order valence-electron chi connectivity index (χ3n) is 5.78. The molecule has 0 spiro atoms. The van der Waals surface area contributed by atoms with E-state index in [0.29, 0.717) is 5.82 Å². The molecule has 6 nitrogen and oxygen atoms in total. The molecule has 0 aliphatic carbocycles. The minimum Gasteiger partial charge on any atom is -0.331 e. The summed E-state index contributed by atoms with van der Waals surface area (Å²) in [5.41, 5.74) is 7.74. The summed E-state index contributed by atoms with van der Waals surface area (Å²) in [6.45, 7) is 8.50. The van der Waals surface area contributed by atoms with E-state index in [-0.39, 0.29) is 12.6 Å². The van der Waals surface area contributed by atoms with Gasteiger partial charge in [0.05, 0.1) is 6.54 Å². The van der Waals surface area contributed by atoms with Crippen LogP contribution < -0.4 is 10.6 Å². The lowest BCUT2D eigenvalue weighted by atomic mass is 10.1. The van der Waals surface area contributed by atoms with Crippen LogP contribution in [0.2, 0.25) is 0 Å². The summed E-state index contributed by atoms with van der Waals surface area (Å²) in [6, 6.07) is 22.2. The number of aromatic nitrogens is 3. The van der Waals surface area contributed by atoms with Gasteiger partial charge in [0.25, 0.3) is 0 Å². The van der Waals surface area contributed by atoms with Crippen molar-refractivity contribution < 1.29 is 4.79 Å². The Kier molecular flexibility index (Phi) is 7.33. The number of benzene rings is 3. The maximum absolute atomic E-state index is 12.5. The van der Waals surface area contributed by atoms with Crippen LogP contribution in [0.25, 0.3) is 5.69 Å². The number of carbonyl (C=O) groups excluding carboxylic acids is 1. The fraction of sp³-hybridized carbons (Fsp3) is 0.222. The summed E-state index contributed by atoms with van der Waals surface area (Å²) in [5, 5.41) is 15.5. The van der Waals surface area contributed by atoms with Gasteiger partial charge in [0, 0.05) is 17.1 Å². The summed E-state index contributed by atoms with van der Waals surface area (Å²) in [6.07, 6.45) is 0. The predicted octanol–water partition coefficient (Wildman–Crippen LogP) is 6.11. The molecule has 3 aromatic carbocycles. The monoisotopic (exact) mass is 471 g/mol. The molecule has 4 aromatic rings. The van der Waals surface area contributed by atoms with E-state index in [1.807, 2.05) is 42.7 Å². The summed E-state index contributed by atoms with van der Waals surface area (Å²) in [4.78, 5) is 12.5. The van der Waals surface area contributed by atoms with Gasteiger partial charge in [0.15, 0.2) is 11.0 Å². The largest absolute Gasteiger partial charge is 0.331 e. The molecule has 0 aliphatic heterocycles. The Bertz CT molecular complexity index is 1300. The average molecular weight is 472 g/mol. The van der Waals surface area contributed by atoms with Crippen LogP contribution in [0.3, 0.4) is 0 Å². The van der Waals surface area contributed by atoms with Crippen LogP contribution >= 0.6 is 11.8 Å². The Labute approximate surface area is 204 Å². The number of hydrogen-bond donors (Lipinski definition) is 2. The number of nitrogens with zero attached hydrogens (tertiary/aromatic N) is 3. The van der Waals surface area contributed by atoms with Crippen LogP contribution in [-0.4, -0.2) is 20.8 Å². The number of urea groups is 1. The van der Waals surface area contributed by atoms with Gasteiger partial charge in [0.1, 0.15) is 0 Å². The summed E-state index contributed by atoms with van der Waals surface area (Å²) < 4.78 is 2.01. The molecule has 0 atom stereocenters. The second-order valence-corrected chi connectivity index (χ2v) is 9.33. The van der Waals surface area contributed by atoms with Gasteiger partial charge in [-0.25, -0.2) is 4.79 Å². The summed E-state index contributed by atoms with van der Waals surface area (Å²) >= 11 is 1.64. The number of nitrogens with one attached hydrogen (secondary N) is 2.